The molecule has 3 nitrogen and oxygen atoms in total. The average molecular weight is 226 g/mol. The van der Waals surface area contributed by atoms with Gasteiger partial charge in [-0.25, -0.2) is 0 Å². The van der Waals surface area contributed by atoms with Crippen LogP contribution in [0.2, 0.25) is 0 Å². The van der Waals surface area contributed by atoms with E-state index in [0.29, 0.717) is 0 Å². The molecule has 0 saturated carbocycles. The molecule has 0 unspecified atom stereocenters. The Balaban J connectivity index is 1.87. The van der Waals surface area contributed by atoms with E-state index >= 15 is 0 Å². The summed E-state index contributed by atoms with van der Waals surface area (Å²) in [5, 5.41) is 4.13. The van der Waals surface area contributed by atoms with Crippen molar-refractivity contribution in [3.63, 3.8) is 0 Å². The quantitative estimate of drug-likeness (QED) is 0.760. The minimum atomic E-state index is 0.00625. The van der Waals surface area contributed by atoms with Gasteiger partial charge in [0.2, 0.25) is 0 Å². The van der Waals surface area contributed by atoms with E-state index in [1.807, 2.05) is 30.5 Å². The van der Waals surface area contributed by atoms with Gasteiger partial charge in [0.05, 0.1) is 11.1 Å². The maximum Gasteiger partial charge on any atom is 0.253 e. The van der Waals surface area contributed by atoms with Crippen molar-refractivity contribution in [1.29, 1.82) is 0 Å². The summed E-state index contributed by atoms with van der Waals surface area (Å²) in [6.45, 7) is 0. The lowest BCUT2D eigenvalue weighted by Crippen LogP contribution is -2.32. The van der Waals surface area contributed by atoms with Crippen molar-refractivity contribution in [2.45, 2.75) is 18.9 Å². The maximum absolute atomic E-state index is 12.2. The number of hydrogen-bond acceptors (Lipinski definition) is 1. The van der Waals surface area contributed by atoms with Gasteiger partial charge in [0.1, 0.15) is 0 Å². The van der Waals surface area contributed by atoms with Crippen molar-refractivity contribution in [3.8, 4) is 0 Å². The molecule has 1 aromatic carbocycles. The normalized spacial score (nSPS) is 15.5. The Morgan fingerprint density at radius 3 is 2.88 bits per heavy atom. The van der Waals surface area contributed by atoms with Crippen LogP contribution in [-0.4, -0.2) is 16.9 Å². The number of amides is 1. The van der Waals surface area contributed by atoms with Crippen LogP contribution in [0.5, 0.6) is 0 Å². The van der Waals surface area contributed by atoms with Gasteiger partial charge in [-0.2, -0.15) is 0 Å². The Morgan fingerprint density at radius 2 is 2.06 bits per heavy atom. The van der Waals surface area contributed by atoms with Crippen molar-refractivity contribution in [2.75, 3.05) is 0 Å². The summed E-state index contributed by atoms with van der Waals surface area (Å²) in [6.07, 6.45) is 7.96. The molecule has 1 aliphatic rings. The molecule has 2 N–H and O–H groups in total. The van der Waals surface area contributed by atoms with Crippen LogP contribution in [0.25, 0.3) is 10.9 Å². The van der Waals surface area contributed by atoms with E-state index in [0.717, 1.165) is 29.3 Å². The fourth-order valence-electron chi connectivity index (χ4n) is 2.27. The summed E-state index contributed by atoms with van der Waals surface area (Å²) in [5.41, 5.74) is 1.63. The second-order valence-electron chi connectivity index (χ2n) is 4.36. The molecule has 0 aliphatic heterocycles. The standard InChI is InChI=1S/C14H14N2O/c17-14(16-11-5-1-2-6-11)12-7-3-4-10-8-9-15-13(10)12/h1-4,7-9,11,15H,5-6H2,(H,16,17). The molecule has 1 aliphatic carbocycles. The second kappa shape index (κ2) is 4.09. The summed E-state index contributed by atoms with van der Waals surface area (Å²) in [6, 6.07) is 8.00. The first-order valence-corrected chi connectivity index (χ1v) is 5.86. The smallest absolute Gasteiger partial charge is 0.253 e. The van der Waals surface area contributed by atoms with E-state index in [9.17, 15) is 4.79 Å². The average Bonchev–Trinajstić information content (AvgIpc) is 2.97. The van der Waals surface area contributed by atoms with Crippen LogP contribution in [0, 0.1) is 0 Å². The fourth-order valence-corrected chi connectivity index (χ4v) is 2.27. The molecular weight excluding hydrogens is 212 g/mol. The van der Waals surface area contributed by atoms with Gasteiger partial charge in [0.15, 0.2) is 0 Å². The Bertz CT molecular complexity index is 575. The number of H-pyrrole nitrogens is 1. The van der Waals surface area contributed by atoms with Gasteiger partial charge < -0.3 is 10.3 Å². The number of carbonyl (C=O) groups is 1. The van der Waals surface area contributed by atoms with Crippen LogP contribution in [0.3, 0.4) is 0 Å². The molecule has 0 bridgehead atoms. The van der Waals surface area contributed by atoms with Crippen molar-refractivity contribution < 1.29 is 4.79 Å². The number of aromatic nitrogens is 1. The van der Waals surface area contributed by atoms with Gasteiger partial charge in [0.25, 0.3) is 5.91 Å². The number of rotatable bonds is 2. The van der Waals surface area contributed by atoms with E-state index in [2.05, 4.69) is 22.5 Å². The summed E-state index contributed by atoms with van der Waals surface area (Å²) in [4.78, 5) is 15.3. The van der Waals surface area contributed by atoms with Crippen molar-refractivity contribution in [1.82, 2.24) is 10.3 Å². The van der Waals surface area contributed by atoms with Crippen molar-refractivity contribution in [3.05, 3.63) is 48.2 Å². The molecule has 0 spiro atoms. The largest absolute Gasteiger partial charge is 0.361 e. The first-order chi connectivity index (χ1) is 8.34. The molecule has 17 heavy (non-hydrogen) atoms. The number of benzene rings is 1. The zero-order valence-corrected chi connectivity index (χ0v) is 9.44. The highest BCUT2D eigenvalue weighted by molar-refractivity contribution is 6.05. The topological polar surface area (TPSA) is 44.9 Å². The molecule has 3 heteroatoms. The Hall–Kier alpha value is -2.03. The van der Waals surface area contributed by atoms with Gasteiger partial charge in [-0.15, -0.1) is 0 Å². The van der Waals surface area contributed by atoms with Crippen molar-refractivity contribution >= 4 is 16.8 Å². The monoisotopic (exact) mass is 226 g/mol. The van der Waals surface area contributed by atoms with Gasteiger partial charge in [-0.1, -0.05) is 24.3 Å². The SMILES string of the molecule is O=C(NC1CC=CC1)c1cccc2cc[nH]c12. The second-order valence-corrected chi connectivity index (χ2v) is 4.36. The summed E-state index contributed by atoms with van der Waals surface area (Å²) < 4.78 is 0. The van der Waals surface area contributed by atoms with Gasteiger partial charge in [-0.05, 0) is 25.0 Å². The highest BCUT2D eigenvalue weighted by atomic mass is 16.1. The Morgan fingerprint density at radius 1 is 1.24 bits per heavy atom. The van der Waals surface area contributed by atoms with E-state index in [-0.39, 0.29) is 11.9 Å². The predicted molar refractivity (Wildman–Crippen MR) is 67.9 cm³/mol. The van der Waals surface area contributed by atoms with Crippen LogP contribution in [0.15, 0.2) is 42.6 Å². The minimum Gasteiger partial charge on any atom is -0.361 e. The lowest BCUT2D eigenvalue weighted by molar-refractivity contribution is 0.0940. The molecule has 2 aromatic rings. The maximum atomic E-state index is 12.2. The highest BCUT2D eigenvalue weighted by Crippen LogP contribution is 2.18. The number of nitrogens with one attached hydrogen (secondary N) is 2. The zero-order chi connectivity index (χ0) is 11.7. The summed E-state index contributed by atoms with van der Waals surface area (Å²) in [7, 11) is 0. The molecule has 0 radical (unpaired) electrons. The predicted octanol–water partition coefficient (Wildman–Crippen LogP) is 2.62. The molecule has 0 atom stereocenters. The lowest BCUT2D eigenvalue weighted by atomic mass is 10.1. The van der Waals surface area contributed by atoms with Crippen LogP contribution in [0.1, 0.15) is 23.2 Å². The molecule has 1 aromatic heterocycles. The molecule has 1 heterocycles. The van der Waals surface area contributed by atoms with Crippen LogP contribution in [0.4, 0.5) is 0 Å². The third kappa shape index (κ3) is 1.84. The summed E-state index contributed by atoms with van der Waals surface area (Å²) >= 11 is 0. The fraction of sp³-hybridized carbons (Fsp3) is 0.214. The number of fused-ring (bicyclic) bond motifs is 1. The third-order valence-corrected chi connectivity index (χ3v) is 3.17. The Kier molecular flexibility index (Phi) is 2.44. The highest BCUT2D eigenvalue weighted by Gasteiger charge is 2.16. The number of aromatic amines is 1. The molecular formula is C14H14N2O. The number of para-hydroxylation sites is 1. The molecule has 3 rings (SSSR count). The molecule has 1 amide bonds. The van der Waals surface area contributed by atoms with Crippen LogP contribution in [-0.2, 0) is 0 Å². The van der Waals surface area contributed by atoms with Crippen LogP contribution < -0.4 is 5.32 Å². The van der Waals surface area contributed by atoms with Gasteiger partial charge >= 0.3 is 0 Å². The first-order valence-electron chi connectivity index (χ1n) is 5.86. The van der Waals surface area contributed by atoms with Gasteiger partial charge in [0, 0.05) is 17.6 Å². The zero-order valence-electron chi connectivity index (χ0n) is 9.44. The van der Waals surface area contributed by atoms with E-state index < -0.39 is 0 Å². The van der Waals surface area contributed by atoms with E-state index in [1.54, 1.807) is 0 Å². The first kappa shape index (κ1) is 10.1. The lowest BCUT2D eigenvalue weighted by Gasteiger charge is -2.12. The Labute approximate surface area is 99.5 Å². The van der Waals surface area contributed by atoms with E-state index in [4.69, 9.17) is 0 Å². The number of carbonyl (C=O) groups excluding carboxylic acids is 1. The molecule has 86 valence electrons. The van der Waals surface area contributed by atoms with Crippen LogP contribution >= 0.6 is 0 Å². The molecule has 0 saturated heterocycles. The third-order valence-electron chi connectivity index (χ3n) is 3.17. The summed E-state index contributed by atoms with van der Waals surface area (Å²) in [5.74, 6) is 0.00625. The minimum absolute atomic E-state index is 0.00625. The van der Waals surface area contributed by atoms with E-state index in [1.165, 1.54) is 0 Å². The molecule has 0 fully saturated rings. The van der Waals surface area contributed by atoms with Gasteiger partial charge in [-0.3, -0.25) is 4.79 Å². The van der Waals surface area contributed by atoms with Crippen molar-refractivity contribution in [2.24, 2.45) is 0 Å². The number of hydrogen-bond donors (Lipinski definition) is 2.